The first-order valence-electron chi connectivity index (χ1n) is 8.27. The molecule has 2 N–H and O–H groups in total. The standard InChI is InChI=1S/C12H9BClFO.C9H7NO/c14-12-7-2-1-6-11(12)13(16)9-4-3-5-10(15)8-9;11-8-5-1-3-7-4-2-6-10-9(7)8/h1-8,16H;1-6,11H. The zero-order chi connectivity index (χ0) is 19.2. The van der Waals surface area contributed by atoms with E-state index in [4.69, 9.17) is 11.6 Å². The van der Waals surface area contributed by atoms with Gasteiger partial charge in [-0.15, -0.1) is 0 Å². The van der Waals surface area contributed by atoms with Crippen LogP contribution in [0.15, 0.2) is 85.1 Å². The van der Waals surface area contributed by atoms with Gasteiger partial charge in [-0.05, 0) is 41.3 Å². The van der Waals surface area contributed by atoms with Crippen molar-refractivity contribution in [1.82, 2.24) is 4.98 Å². The van der Waals surface area contributed by atoms with Crippen molar-refractivity contribution in [2.24, 2.45) is 0 Å². The van der Waals surface area contributed by atoms with Crippen LogP contribution in [0.4, 0.5) is 4.39 Å². The Morgan fingerprint density at radius 3 is 2.37 bits per heavy atom. The molecule has 27 heavy (non-hydrogen) atoms. The topological polar surface area (TPSA) is 53.4 Å². The Morgan fingerprint density at radius 2 is 1.63 bits per heavy atom. The summed E-state index contributed by atoms with van der Waals surface area (Å²) in [7, 11) is 0. The number of rotatable bonds is 2. The molecule has 0 aliphatic carbocycles. The molecule has 0 unspecified atom stereocenters. The predicted molar refractivity (Wildman–Crippen MR) is 109 cm³/mol. The van der Waals surface area contributed by atoms with Gasteiger partial charge in [-0.3, -0.25) is 4.98 Å². The summed E-state index contributed by atoms with van der Waals surface area (Å²) in [6.45, 7) is -0.899. The maximum Gasteiger partial charge on any atom is 0.360 e. The van der Waals surface area contributed by atoms with Crippen LogP contribution in [0.25, 0.3) is 10.9 Å². The van der Waals surface area contributed by atoms with Crippen molar-refractivity contribution in [2.45, 2.75) is 0 Å². The van der Waals surface area contributed by atoms with Crippen LogP contribution < -0.4 is 10.9 Å². The summed E-state index contributed by atoms with van der Waals surface area (Å²) in [5, 5.41) is 20.8. The van der Waals surface area contributed by atoms with Gasteiger partial charge in [0.15, 0.2) is 0 Å². The molecule has 0 saturated carbocycles. The van der Waals surface area contributed by atoms with Gasteiger partial charge in [-0.25, -0.2) is 4.39 Å². The molecule has 0 aliphatic heterocycles. The van der Waals surface area contributed by atoms with Gasteiger partial charge in [0, 0.05) is 16.6 Å². The number of hydrogen-bond donors (Lipinski definition) is 2. The molecule has 0 amide bonds. The summed E-state index contributed by atoms with van der Waals surface area (Å²) < 4.78 is 13.0. The molecule has 4 rings (SSSR count). The van der Waals surface area contributed by atoms with E-state index in [0.29, 0.717) is 21.5 Å². The third-order valence-electron chi connectivity index (χ3n) is 3.98. The van der Waals surface area contributed by atoms with Crippen molar-refractivity contribution >= 4 is 40.3 Å². The van der Waals surface area contributed by atoms with Crippen molar-refractivity contribution in [1.29, 1.82) is 0 Å². The average Bonchev–Trinajstić information content (AvgIpc) is 2.69. The monoisotopic (exact) mass is 379 g/mol. The number of benzene rings is 3. The number of aromatic nitrogens is 1. The summed E-state index contributed by atoms with van der Waals surface area (Å²) in [4.78, 5) is 4.03. The van der Waals surface area contributed by atoms with Crippen LogP contribution in [-0.4, -0.2) is 22.0 Å². The molecule has 0 radical (unpaired) electrons. The van der Waals surface area contributed by atoms with E-state index in [9.17, 15) is 14.5 Å². The Balaban J connectivity index is 0.000000166. The lowest BCUT2D eigenvalue weighted by Crippen LogP contribution is -2.42. The molecule has 0 spiro atoms. The molecular formula is C21H16BClFNO2. The number of fused-ring (bicyclic) bond motifs is 1. The summed E-state index contributed by atoms with van der Waals surface area (Å²) in [6, 6.07) is 22.0. The second-order valence-corrected chi connectivity index (χ2v) is 6.24. The Morgan fingerprint density at radius 1 is 0.889 bits per heavy atom. The van der Waals surface area contributed by atoms with Crippen LogP contribution in [0.1, 0.15) is 0 Å². The van der Waals surface area contributed by atoms with Crippen molar-refractivity contribution in [3.8, 4) is 5.75 Å². The molecule has 4 aromatic rings. The maximum atomic E-state index is 13.0. The summed E-state index contributed by atoms with van der Waals surface area (Å²) >= 11 is 5.96. The second-order valence-electron chi connectivity index (χ2n) is 5.83. The highest BCUT2D eigenvalue weighted by Gasteiger charge is 2.19. The predicted octanol–water partition coefficient (Wildman–Crippen LogP) is 3.52. The van der Waals surface area contributed by atoms with Gasteiger partial charge in [0.25, 0.3) is 0 Å². The van der Waals surface area contributed by atoms with Crippen molar-refractivity contribution < 1.29 is 14.5 Å². The first-order valence-corrected chi connectivity index (χ1v) is 8.64. The summed E-state index contributed by atoms with van der Waals surface area (Å²) in [6.07, 6.45) is 1.67. The molecule has 1 aromatic heterocycles. The van der Waals surface area contributed by atoms with Crippen LogP contribution in [0.3, 0.4) is 0 Å². The van der Waals surface area contributed by atoms with Gasteiger partial charge in [0.2, 0.25) is 0 Å². The van der Waals surface area contributed by atoms with Crippen molar-refractivity contribution in [3.05, 3.63) is 95.9 Å². The van der Waals surface area contributed by atoms with Gasteiger partial charge in [0.05, 0.1) is 0 Å². The number of phenols is 1. The third-order valence-corrected chi connectivity index (χ3v) is 4.32. The Bertz CT molecular complexity index is 1060. The molecule has 0 saturated heterocycles. The van der Waals surface area contributed by atoms with Crippen LogP contribution in [0.2, 0.25) is 5.02 Å². The fourth-order valence-corrected chi connectivity index (χ4v) is 2.88. The third kappa shape index (κ3) is 4.64. The molecule has 134 valence electrons. The van der Waals surface area contributed by atoms with E-state index < -0.39 is 6.92 Å². The van der Waals surface area contributed by atoms with E-state index in [0.717, 1.165) is 5.39 Å². The van der Waals surface area contributed by atoms with Gasteiger partial charge >= 0.3 is 6.92 Å². The van der Waals surface area contributed by atoms with E-state index in [2.05, 4.69) is 4.98 Å². The Hall–Kier alpha value is -2.89. The second kappa shape index (κ2) is 8.67. The fourth-order valence-electron chi connectivity index (χ4n) is 2.64. The molecule has 1 heterocycles. The lowest BCUT2D eigenvalue weighted by molar-refractivity contribution is 0.480. The maximum absolute atomic E-state index is 13.0. The number of nitrogens with zero attached hydrogens (tertiary/aromatic N) is 1. The lowest BCUT2D eigenvalue weighted by Gasteiger charge is -2.08. The normalized spacial score (nSPS) is 10.2. The van der Waals surface area contributed by atoms with Crippen LogP contribution in [-0.2, 0) is 0 Å². The number of aromatic hydroxyl groups is 1. The molecule has 0 bridgehead atoms. The molecular weight excluding hydrogens is 363 g/mol. The Labute approximate surface area is 161 Å². The van der Waals surface area contributed by atoms with Crippen LogP contribution in [0.5, 0.6) is 5.75 Å². The van der Waals surface area contributed by atoms with Gasteiger partial charge in [-0.1, -0.05) is 60.1 Å². The van der Waals surface area contributed by atoms with Crippen LogP contribution >= 0.6 is 11.6 Å². The number of hydrogen-bond acceptors (Lipinski definition) is 3. The van der Waals surface area contributed by atoms with Gasteiger partial charge in [-0.2, -0.15) is 0 Å². The summed E-state index contributed by atoms with van der Waals surface area (Å²) in [5.41, 5.74) is 1.73. The first-order chi connectivity index (χ1) is 13.1. The minimum Gasteiger partial charge on any atom is -0.506 e. The number of pyridine rings is 1. The van der Waals surface area contributed by atoms with Crippen molar-refractivity contribution in [3.63, 3.8) is 0 Å². The zero-order valence-corrected chi connectivity index (χ0v) is 15.0. The highest BCUT2D eigenvalue weighted by atomic mass is 35.5. The smallest absolute Gasteiger partial charge is 0.360 e. The average molecular weight is 380 g/mol. The molecule has 6 heteroatoms. The van der Waals surface area contributed by atoms with Gasteiger partial charge in [0.1, 0.15) is 17.1 Å². The van der Waals surface area contributed by atoms with Crippen LogP contribution in [0, 0.1) is 5.82 Å². The molecule has 0 aliphatic rings. The highest BCUT2D eigenvalue weighted by molar-refractivity contribution is 6.80. The molecule has 0 atom stereocenters. The van der Waals surface area contributed by atoms with Gasteiger partial charge < -0.3 is 10.1 Å². The van der Waals surface area contributed by atoms with E-state index in [1.54, 1.807) is 54.7 Å². The molecule has 3 nitrogen and oxygen atoms in total. The van der Waals surface area contributed by atoms with E-state index in [1.165, 1.54) is 12.1 Å². The number of halogens is 2. The van der Waals surface area contributed by atoms with Crippen molar-refractivity contribution in [2.75, 3.05) is 0 Å². The summed E-state index contributed by atoms with van der Waals surface area (Å²) in [5.74, 6) is -0.133. The quantitative estimate of drug-likeness (QED) is 0.524. The minimum absolute atomic E-state index is 0.239. The highest BCUT2D eigenvalue weighted by Crippen LogP contribution is 2.20. The molecule has 0 fully saturated rings. The first kappa shape index (κ1) is 18.9. The lowest BCUT2D eigenvalue weighted by atomic mass is 9.56. The molecule has 3 aromatic carbocycles. The Kier molecular flexibility index (Phi) is 6.06. The van der Waals surface area contributed by atoms with E-state index >= 15 is 0 Å². The van der Waals surface area contributed by atoms with E-state index in [-0.39, 0.29) is 11.6 Å². The fraction of sp³-hybridized carbons (Fsp3) is 0. The zero-order valence-electron chi connectivity index (χ0n) is 14.3. The number of para-hydroxylation sites is 1. The number of phenolic OH excluding ortho intramolecular Hbond substituents is 1. The SMILES string of the molecule is OB(c1cccc(F)c1)c1ccccc1Cl.Oc1cccc2cccnc12. The van der Waals surface area contributed by atoms with E-state index in [1.807, 2.05) is 18.2 Å². The minimum atomic E-state index is -0.899. The largest absolute Gasteiger partial charge is 0.506 e.